The lowest BCUT2D eigenvalue weighted by Gasteiger charge is -2.08. The minimum absolute atomic E-state index is 0.0979. The molecule has 0 unspecified atom stereocenters. The molecule has 5 nitrogen and oxygen atoms in total. The number of nitrogens with zero attached hydrogens (tertiary/aromatic N) is 2. The smallest absolute Gasteiger partial charge is 0.225 e. The van der Waals surface area contributed by atoms with Gasteiger partial charge in [-0.15, -0.1) is 0 Å². The highest BCUT2D eigenvalue weighted by atomic mass is 32.2. The Morgan fingerprint density at radius 2 is 1.94 bits per heavy atom. The Bertz CT molecular complexity index is 544. The first-order valence-corrected chi connectivity index (χ1v) is 5.60. The summed E-state index contributed by atoms with van der Waals surface area (Å²) in [7, 11) is 0. The molecule has 86 valence electrons. The predicted molar refractivity (Wildman–Crippen MR) is 65.3 cm³/mol. The summed E-state index contributed by atoms with van der Waals surface area (Å²) in [5, 5.41) is 17.2. The molecule has 0 aliphatic carbocycles. The molecule has 2 rings (SSSR count). The van der Waals surface area contributed by atoms with E-state index in [0.29, 0.717) is 10.5 Å². The molecule has 0 atom stereocenters. The van der Waals surface area contributed by atoms with Crippen LogP contribution in [0.3, 0.4) is 0 Å². The number of hydrogen-bond donors (Lipinski definition) is 3. The van der Waals surface area contributed by atoms with E-state index in [0.717, 1.165) is 4.90 Å². The van der Waals surface area contributed by atoms with Gasteiger partial charge >= 0.3 is 0 Å². The molecule has 2 aromatic heterocycles. The van der Waals surface area contributed by atoms with Crippen molar-refractivity contribution in [2.75, 3.05) is 0 Å². The number of pyridine rings is 2. The molecule has 0 saturated carbocycles. The van der Waals surface area contributed by atoms with Crippen molar-refractivity contribution >= 4 is 17.6 Å². The molecule has 0 radical (unpaired) electrons. The fourth-order valence-corrected chi connectivity index (χ4v) is 2.20. The average molecular weight is 246 g/mol. The van der Waals surface area contributed by atoms with Crippen LogP contribution in [0.4, 0.5) is 0 Å². The van der Waals surface area contributed by atoms with Gasteiger partial charge in [-0.2, -0.15) is 0 Å². The summed E-state index contributed by atoms with van der Waals surface area (Å²) in [6, 6.07) is 5.22. The van der Waals surface area contributed by atoms with Gasteiger partial charge in [0.05, 0.1) is 4.90 Å². The average Bonchev–Trinajstić information content (AvgIpc) is 2.33. The molecule has 0 spiro atoms. The van der Waals surface area contributed by atoms with Gasteiger partial charge in [0.15, 0.2) is 0 Å². The van der Waals surface area contributed by atoms with E-state index in [-0.39, 0.29) is 11.7 Å². The highest BCUT2D eigenvalue weighted by Crippen LogP contribution is 2.35. The zero-order chi connectivity index (χ0) is 12.3. The summed E-state index contributed by atoms with van der Waals surface area (Å²) in [5.41, 5.74) is 5.93. The molecule has 0 amide bonds. The summed E-state index contributed by atoms with van der Waals surface area (Å²) in [5.74, 6) is -0.223. The standard InChI is InChI=1S/C11H10N4OS/c12-10(13)8-3-6-15-11(16)9(8)17-7-1-4-14-5-2-7/h1-6H,(H3,12,13)(H,15,16). The van der Waals surface area contributed by atoms with Gasteiger partial charge in [-0.1, -0.05) is 11.8 Å². The molecule has 0 bridgehead atoms. The van der Waals surface area contributed by atoms with E-state index < -0.39 is 0 Å². The molecule has 4 N–H and O–H groups in total. The minimum atomic E-state index is -0.125. The van der Waals surface area contributed by atoms with Gasteiger partial charge in [0.2, 0.25) is 5.88 Å². The number of amidine groups is 1. The van der Waals surface area contributed by atoms with Crippen LogP contribution in [0.15, 0.2) is 46.6 Å². The van der Waals surface area contributed by atoms with Crippen LogP contribution in [0.5, 0.6) is 5.88 Å². The zero-order valence-electron chi connectivity index (χ0n) is 8.79. The number of nitrogens with two attached hydrogens (primary N) is 1. The van der Waals surface area contributed by atoms with Gasteiger partial charge in [0, 0.05) is 29.0 Å². The third kappa shape index (κ3) is 2.54. The van der Waals surface area contributed by atoms with Crippen molar-refractivity contribution in [2.24, 2.45) is 5.73 Å². The lowest BCUT2D eigenvalue weighted by atomic mass is 10.2. The quantitative estimate of drug-likeness (QED) is 0.565. The van der Waals surface area contributed by atoms with Crippen molar-refractivity contribution in [1.29, 1.82) is 5.41 Å². The molecule has 2 aromatic rings. The first-order valence-electron chi connectivity index (χ1n) is 4.78. The van der Waals surface area contributed by atoms with Crippen molar-refractivity contribution in [2.45, 2.75) is 9.79 Å². The highest BCUT2D eigenvalue weighted by Gasteiger charge is 2.12. The van der Waals surface area contributed by atoms with Crippen LogP contribution in [0.2, 0.25) is 0 Å². The number of aromatic nitrogens is 2. The molecule has 0 aliphatic heterocycles. The third-order valence-corrected chi connectivity index (χ3v) is 3.16. The normalized spacial score (nSPS) is 10.1. The van der Waals surface area contributed by atoms with Crippen LogP contribution in [-0.2, 0) is 0 Å². The first kappa shape index (κ1) is 11.4. The second-order valence-electron chi connectivity index (χ2n) is 3.21. The third-order valence-electron chi connectivity index (χ3n) is 2.05. The van der Waals surface area contributed by atoms with E-state index in [1.807, 2.05) is 0 Å². The Morgan fingerprint density at radius 3 is 2.59 bits per heavy atom. The van der Waals surface area contributed by atoms with Crippen LogP contribution < -0.4 is 5.73 Å². The molecular formula is C11H10N4OS. The molecule has 0 fully saturated rings. The Hall–Kier alpha value is -2.08. The summed E-state index contributed by atoms with van der Waals surface area (Å²) < 4.78 is 0. The summed E-state index contributed by atoms with van der Waals surface area (Å²) in [4.78, 5) is 9.07. The summed E-state index contributed by atoms with van der Waals surface area (Å²) >= 11 is 1.30. The predicted octanol–water partition coefficient (Wildman–Crippen LogP) is 1.62. The summed E-state index contributed by atoms with van der Waals surface area (Å²) in [6.07, 6.45) is 4.73. The maximum absolute atomic E-state index is 9.70. The van der Waals surface area contributed by atoms with E-state index in [4.69, 9.17) is 11.1 Å². The Kier molecular flexibility index (Phi) is 3.24. The highest BCUT2D eigenvalue weighted by molar-refractivity contribution is 7.99. The van der Waals surface area contributed by atoms with E-state index in [9.17, 15) is 5.11 Å². The van der Waals surface area contributed by atoms with E-state index >= 15 is 0 Å². The molecule has 17 heavy (non-hydrogen) atoms. The van der Waals surface area contributed by atoms with Gasteiger partial charge in [-0.05, 0) is 18.2 Å². The monoisotopic (exact) mass is 246 g/mol. The van der Waals surface area contributed by atoms with Crippen molar-refractivity contribution in [3.05, 3.63) is 42.4 Å². The number of nitrogen functional groups attached to an aromatic ring is 1. The Morgan fingerprint density at radius 1 is 1.24 bits per heavy atom. The van der Waals surface area contributed by atoms with Crippen LogP contribution >= 0.6 is 11.8 Å². The summed E-state index contributed by atoms with van der Waals surface area (Å²) in [6.45, 7) is 0. The largest absolute Gasteiger partial charge is 0.492 e. The second kappa shape index (κ2) is 4.84. The zero-order valence-corrected chi connectivity index (χ0v) is 9.61. The number of nitrogens with one attached hydrogen (secondary N) is 1. The number of rotatable bonds is 3. The molecular weight excluding hydrogens is 236 g/mol. The lowest BCUT2D eigenvalue weighted by molar-refractivity contribution is 0.439. The van der Waals surface area contributed by atoms with Gasteiger partial charge in [0.25, 0.3) is 0 Å². The van der Waals surface area contributed by atoms with E-state index in [1.54, 1.807) is 30.6 Å². The fraction of sp³-hybridized carbons (Fsp3) is 0. The minimum Gasteiger partial charge on any atom is -0.492 e. The van der Waals surface area contributed by atoms with Gasteiger partial charge in [-0.3, -0.25) is 10.4 Å². The second-order valence-corrected chi connectivity index (χ2v) is 4.29. The molecule has 6 heteroatoms. The van der Waals surface area contributed by atoms with Crippen LogP contribution in [0, 0.1) is 5.41 Å². The maximum Gasteiger partial charge on any atom is 0.225 e. The molecule has 0 saturated heterocycles. The van der Waals surface area contributed by atoms with Crippen LogP contribution in [0.1, 0.15) is 5.56 Å². The van der Waals surface area contributed by atoms with Gasteiger partial charge in [0.1, 0.15) is 5.84 Å². The fourth-order valence-electron chi connectivity index (χ4n) is 1.27. The Balaban J connectivity index is 2.41. The number of hydrogen-bond acceptors (Lipinski definition) is 5. The topological polar surface area (TPSA) is 95.9 Å². The van der Waals surface area contributed by atoms with E-state index in [2.05, 4.69) is 9.97 Å². The van der Waals surface area contributed by atoms with Crippen LogP contribution in [0.25, 0.3) is 0 Å². The first-order chi connectivity index (χ1) is 8.18. The van der Waals surface area contributed by atoms with Crippen molar-refractivity contribution in [1.82, 2.24) is 9.97 Å². The van der Waals surface area contributed by atoms with Crippen molar-refractivity contribution < 1.29 is 5.11 Å². The van der Waals surface area contributed by atoms with Gasteiger partial charge < -0.3 is 10.8 Å². The van der Waals surface area contributed by atoms with Crippen molar-refractivity contribution in [3.8, 4) is 5.88 Å². The number of aromatic hydroxyl groups is 1. The van der Waals surface area contributed by atoms with Gasteiger partial charge in [-0.25, -0.2) is 4.98 Å². The molecule has 0 aliphatic rings. The van der Waals surface area contributed by atoms with E-state index in [1.165, 1.54) is 18.0 Å². The Labute approximate surface area is 102 Å². The molecule has 0 aromatic carbocycles. The van der Waals surface area contributed by atoms with Crippen molar-refractivity contribution in [3.63, 3.8) is 0 Å². The van der Waals surface area contributed by atoms with Crippen LogP contribution in [-0.4, -0.2) is 20.9 Å². The maximum atomic E-state index is 9.70. The SMILES string of the molecule is N=C(N)c1ccnc(O)c1Sc1ccncc1. The lowest BCUT2D eigenvalue weighted by Crippen LogP contribution is -2.12. The molecule has 2 heterocycles.